The number of imidazole rings is 1. The van der Waals surface area contributed by atoms with E-state index in [4.69, 9.17) is 0 Å². The topological polar surface area (TPSA) is 19.7 Å². The zero-order valence-electron chi connectivity index (χ0n) is 5.59. The third-order valence-corrected chi connectivity index (χ3v) is 1.30. The Balaban J connectivity index is 2.80. The maximum Gasteiger partial charge on any atom is 0.251 e. The van der Waals surface area contributed by atoms with Gasteiger partial charge in [-0.3, -0.25) is 0 Å². The summed E-state index contributed by atoms with van der Waals surface area (Å²) in [5, 5.41) is 0. The molecule has 0 atom stereocenters. The van der Waals surface area contributed by atoms with E-state index in [0.717, 1.165) is 12.4 Å². The van der Waals surface area contributed by atoms with E-state index in [2.05, 4.69) is 16.1 Å². The van der Waals surface area contributed by atoms with Crippen molar-refractivity contribution in [3.05, 3.63) is 30.9 Å². The second-order valence-electron chi connectivity index (χ2n) is 1.99. The number of rotatable bonds is 2. The number of aromatic nitrogens is 2. The van der Waals surface area contributed by atoms with E-state index in [-0.39, 0.29) is 0 Å². The molecule has 0 aliphatic rings. The molecule has 0 fully saturated rings. The van der Waals surface area contributed by atoms with Gasteiger partial charge in [-0.15, -0.1) is 0 Å². The molecule has 2 heteroatoms. The summed E-state index contributed by atoms with van der Waals surface area (Å²) in [5.41, 5.74) is 0. The van der Waals surface area contributed by atoms with E-state index in [1.807, 2.05) is 25.4 Å². The van der Waals surface area contributed by atoms with Gasteiger partial charge in [0.05, 0.1) is 0 Å². The first-order valence-electron chi connectivity index (χ1n) is 2.99. The molecule has 0 saturated carbocycles. The first-order chi connectivity index (χ1) is 4.34. The molecule has 2 nitrogen and oxygen atoms in total. The van der Waals surface area contributed by atoms with Crippen molar-refractivity contribution in [3.63, 3.8) is 0 Å². The molecule has 0 amide bonds. The van der Waals surface area contributed by atoms with Crippen LogP contribution < -0.4 is 4.57 Å². The van der Waals surface area contributed by atoms with Gasteiger partial charge in [0.25, 0.3) is 5.82 Å². The molecule has 0 saturated heterocycles. The Morgan fingerprint density at radius 2 is 2.67 bits per heavy atom. The number of H-pyrrole nitrogens is 1. The maximum atomic E-state index is 3.64. The quantitative estimate of drug-likeness (QED) is 0.443. The normalized spacial score (nSPS) is 9.44. The number of nitrogens with one attached hydrogen (secondary N) is 1. The summed E-state index contributed by atoms with van der Waals surface area (Å²) in [6.45, 7) is 6.56. The van der Waals surface area contributed by atoms with Gasteiger partial charge in [0.1, 0.15) is 18.9 Å². The molecule has 1 aromatic rings. The van der Waals surface area contributed by atoms with Crippen LogP contribution in [-0.2, 0) is 6.54 Å². The number of aromatic amines is 1. The van der Waals surface area contributed by atoms with E-state index in [1.165, 1.54) is 0 Å². The van der Waals surface area contributed by atoms with Crippen molar-refractivity contribution >= 4 is 0 Å². The lowest BCUT2D eigenvalue weighted by Gasteiger charge is -1.87. The van der Waals surface area contributed by atoms with Gasteiger partial charge in [-0.25, -0.2) is 9.55 Å². The molecule has 0 bridgehead atoms. The molecule has 1 heterocycles. The minimum Gasteiger partial charge on any atom is -0.248 e. The summed E-state index contributed by atoms with van der Waals surface area (Å²) >= 11 is 0. The first-order valence-corrected chi connectivity index (χ1v) is 2.99. The predicted octanol–water partition coefficient (Wildman–Crippen LogP) is 0.797. The van der Waals surface area contributed by atoms with Crippen LogP contribution in [0.1, 0.15) is 5.82 Å². The van der Waals surface area contributed by atoms with Gasteiger partial charge >= 0.3 is 0 Å². The van der Waals surface area contributed by atoms with E-state index < -0.39 is 0 Å². The third kappa shape index (κ3) is 1.19. The summed E-state index contributed by atoms with van der Waals surface area (Å²) in [5.74, 6) is 1.16. The molecule has 0 spiro atoms. The Hall–Kier alpha value is -1.05. The van der Waals surface area contributed by atoms with Crippen LogP contribution in [0.2, 0.25) is 0 Å². The first kappa shape index (κ1) is 6.08. The average molecular weight is 123 g/mol. The van der Waals surface area contributed by atoms with Crippen LogP contribution in [-0.4, -0.2) is 4.98 Å². The zero-order valence-corrected chi connectivity index (χ0v) is 5.59. The number of nitrogens with zero attached hydrogens (tertiary/aromatic N) is 1. The van der Waals surface area contributed by atoms with Crippen molar-refractivity contribution in [1.29, 1.82) is 0 Å². The molecule has 0 aromatic carbocycles. The van der Waals surface area contributed by atoms with Gasteiger partial charge < -0.3 is 0 Å². The number of hydrogen-bond acceptors (Lipinski definition) is 0. The smallest absolute Gasteiger partial charge is 0.248 e. The lowest BCUT2D eigenvalue weighted by Crippen LogP contribution is -2.33. The molecule has 1 N–H and O–H groups in total. The monoisotopic (exact) mass is 123 g/mol. The minimum atomic E-state index is 0.884. The second kappa shape index (κ2) is 2.49. The molecule has 1 aromatic heterocycles. The van der Waals surface area contributed by atoms with Crippen LogP contribution in [0.3, 0.4) is 0 Å². The summed E-state index contributed by atoms with van der Waals surface area (Å²) in [7, 11) is 0. The van der Waals surface area contributed by atoms with Crippen molar-refractivity contribution in [3.8, 4) is 0 Å². The fourth-order valence-electron chi connectivity index (χ4n) is 0.779. The molecular weight excluding hydrogens is 112 g/mol. The third-order valence-electron chi connectivity index (χ3n) is 1.30. The molecule has 0 radical (unpaired) electrons. The van der Waals surface area contributed by atoms with E-state index >= 15 is 0 Å². The standard InChI is InChI=1S/C7H10N2/c1-3-5-9-6-4-8-7(9)2/h3-4,6H,1,5H2,2H3/p+1. The predicted molar refractivity (Wildman–Crippen MR) is 35.9 cm³/mol. The lowest BCUT2D eigenvalue weighted by molar-refractivity contribution is -0.691. The molecule has 1 rings (SSSR count). The van der Waals surface area contributed by atoms with Crippen molar-refractivity contribution in [2.24, 2.45) is 0 Å². The van der Waals surface area contributed by atoms with Gasteiger partial charge in [-0.05, 0) is 0 Å². The number of hydrogen-bond donors (Lipinski definition) is 1. The van der Waals surface area contributed by atoms with Crippen LogP contribution in [0.5, 0.6) is 0 Å². The van der Waals surface area contributed by atoms with Crippen molar-refractivity contribution in [1.82, 2.24) is 4.98 Å². The van der Waals surface area contributed by atoms with Crippen LogP contribution in [0.15, 0.2) is 25.0 Å². The van der Waals surface area contributed by atoms with Crippen LogP contribution in [0.4, 0.5) is 0 Å². The second-order valence-corrected chi connectivity index (χ2v) is 1.99. The van der Waals surface area contributed by atoms with Crippen LogP contribution >= 0.6 is 0 Å². The number of allylic oxidation sites excluding steroid dienone is 1. The van der Waals surface area contributed by atoms with E-state index in [1.54, 1.807) is 0 Å². The highest BCUT2D eigenvalue weighted by Gasteiger charge is 1.98. The van der Waals surface area contributed by atoms with Crippen molar-refractivity contribution in [2.45, 2.75) is 13.5 Å². The van der Waals surface area contributed by atoms with Gasteiger partial charge in [-0.1, -0.05) is 12.7 Å². The Kier molecular flexibility index (Phi) is 1.68. The van der Waals surface area contributed by atoms with Crippen molar-refractivity contribution in [2.75, 3.05) is 0 Å². The SMILES string of the molecule is C=CC[n+]1cc[nH]c1C. The summed E-state index contributed by atoms with van der Waals surface area (Å²) in [6, 6.07) is 0. The molecule has 0 unspecified atom stereocenters. The fraction of sp³-hybridized carbons (Fsp3) is 0.286. The number of aryl methyl sites for hydroxylation is 1. The highest BCUT2D eigenvalue weighted by Crippen LogP contribution is 1.80. The molecular formula is C7H11N2+. The average Bonchev–Trinajstić information content (AvgIpc) is 2.18. The van der Waals surface area contributed by atoms with E-state index in [0.29, 0.717) is 0 Å². The van der Waals surface area contributed by atoms with Gasteiger partial charge in [0.15, 0.2) is 0 Å². The highest BCUT2D eigenvalue weighted by molar-refractivity contribution is 4.72. The molecule has 0 aliphatic heterocycles. The Labute approximate surface area is 54.8 Å². The Morgan fingerprint density at radius 1 is 1.89 bits per heavy atom. The Morgan fingerprint density at radius 3 is 3.11 bits per heavy atom. The maximum absolute atomic E-state index is 3.64. The molecule has 9 heavy (non-hydrogen) atoms. The summed E-state index contributed by atoms with van der Waals surface area (Å²) < 4.78 is 2.09. The van der Waals surface area contributed by atoms with Gasteiger partial charge in [0, 0.05) is 6.92 Å². The Bertz CT molecular complexity index is 200. The summed E-state index contributed by atoms with van der Waals surface area (Å²) in [6.07, 6.45) is 5.79. The van der Waals surface area contributed by atoms with Crippen molar-refractivity contribution < 1.29 is 4.57 Å². The minimum absolute atomic E-state index is 0.884. The largest absolute Gasteiger partial charge is 0.251 e. The zero-order chi connectivity index (χ0) is 6.69. The molecule has 48 valence electrons. The van der Waals surface area contributed by atoms with Crippen LogP contribution in [0.25, 0.3) is 0 Å². The summed E-state index contributed by atoms with van der Waals surface area (Å²) in [4.78, 5) is 3.07. The fourth-order valence-corrected chi connectivity index (χ4v) is 0.779. The lowest BCUT2D eigenvalue weighted by atomic mass is 10.6. The molecule has 0 aliphatic carbocycles. The van der Waals surface area contributed by atoms with Crippen LogP contribution in [0, 0.1) is 6.92 Å². The highest BCUT2D eigenvalue weighted by atomic mass is 15.0. The van der Waals surface area contributed by atoms with E-state index in [9.17, 15) is 0 Å². The van der Waals surface area contributed by atoms with Gasteiger partial charge in [0.2, 0.25) is 0 Å². The van der Waals surface area contributed by atoms with Gasteiger partial charge in [-0.2, -0.15) is 0 Å².